The van der Waals surface area contributed by atoms with Crippen molar-refractivity contribution < 1.29 is 35.9 Å². The van der Waals surface area contributed by atoms with Crippen molar-refractivity contribution in [1.82, 2.24) is 0 Å². The number of hydrazone groups is 1. The second kappa shape index (κ2) is 6.55. The van der Waals surface area contributed by atoms with Gasteiger partial charge in [-0.05, 0) is 18.2 Å². The minimum Gasteiger partial charge on any atom is -0.464 e. The van der Waals surface area contributed by atoms with Crippen LogP contribution in [0.3, 0.4) is 0 Å². The maximum absolute atomic E-state index is 12.6. The second-order valence-electron chi connectivity index (χ2n) is 3.97. The number of nitrogens with one attached hydrogen (secondary N) is 1. The van der Waals surface area contributed by atoms with Gasteiger partial charge in [-0.1, -0.05) is 0 Å². The molecule has 11 heteroatoms. The van der Waals surface area contributed by atoms with E-state index in [0.29, 0.717) is 12.1 Å². The van der Waals surface area contributed by atoms with Gasteiger partial charge in [0, 0.05) is 0 Å². The number of methoxy groups -OCH3 is 1. The topological polar surface area (TPSA) is 74.5 Å². The first-order valence-corrected chi connectivity index (χ1v) is 5.60. The molecule has 0 radical (unpaired) electrons. The summed E-state index contributed by atoms with van der Waals surface area (Å²) >= 11 is 0. The normalized spacial score (nSPS) is 12.5. The summed E-state index contributed by atoms with van der Waals surface area (Å²) in [7, 11) is 0.918. The number of nitriles is 1. The molecule has 0 amide bonds. The van der Waals surface area contributed by atoms with Crippen molar-refractivity contribution in [3.05, 3.63) is 29.3 Å². The van der Waals surface area contributed by atoms with E-state index in [1.807, 2.05) is 0 Å². The third kappa shape index (κ3) is 4.87. The monoisotopic (exact) mass is 339 g/mol. The standard InChI is InChI=1S/C12H7F6N3O2/c1-23-10(22)9(5-19)21-20-8-3-6(11(13,14)15)2-7(4-8)12(16,17)18/h2-4,20H,1H3/b21-9-. The molecule has 0 fully saturated rings. The van der Waals surface area contributed by atoms with E-state index in [-0.39, 0.29) is 6.07 Å². The third-order valence-corrected chi connectivity index (χ3v) is 2.37. The van der Waals surface area contributed by atoms with Crippen molar-refractivity contribution in [2.75, 3.05) is 12.5 Å². The number of carbonyl (C=O) groups is 1. The Bertz CT molecular complexity index is 641. The van der Waals surface area contributed by atoms with Crippen LogP contribution in [0.15, 0.2) is 23.3 Å². The van der Waals surface area contributed by atoms with Gasteiger partial charge in [-0.15, -0.1) is 0 Å². The zero-order valence-electron chi connectivity index (χ0n) is 11.2. The Balaban J connectivity index is 3.29. The van der Waals surface area contributed by atoms with E-state index in [0.717, 1.165) is 7.11 Å². The molecule has 0 atom stereocenters. The number of hydrogen-bond acceptors (Lipinski definition) is 5. The first-order valence-electron chi connectivity index (χ1n) is 5.60. The molecule has 0 unspecified atom stereocenters. The van der Waals surface area contributed by atoms with Gasteiger partial charge in [-0.3, -0.25) is 5.43 Å². The maximum Gasteiger partial charge on any atom is 0.416 e. The number of anilines is 1. The van der Waals surface area contributed by atoms with Gasteiger partial charge in [0.25, 0.3) is 0 Å². The van der Waals surface area contributed by atoms with Gasteiger partial charge in [0.1, 0.15) is 6.07 Å². The molecule has 0 saturated carbocycles. The highest BCUT2D eigenvalue weighted by Gasteiger charge is 2.36. The van der Waals surface area contributed by atoms with Crippen LogP contribution in [0.5, 0.6) is 0 Å². The predicted molar refractivity (Wildman–Crippen MR) is 65.1 cm³/mol. The molecule has 0 aliphatic rings. The maximum atomic E-state index is 12.6. The summed E-state index contributed by atoms with van der Waals surface area (Å²) in [4.78, 5) is 11.0. The highest BCUT2D eigenvalue weighted by atomic mass is 19.4. The molecule has 5 nitrogen and oxygen atoms in total. The van der Waals surface area contributed by atoms with Crippen LogP contribution in [0.2, 0.25) is 0 Å². The fraction of sp³-hybridized carbons (Fsp3) is 0.250. The fourth-order valence-corrected chi connectivity index (χ4v) is 1.35. The lowest BCUT2D eigenvalue weighted by Crippen LogP contribution is -2.16. The Morgan fingerprint density at radius 3 is 1.96 bits per heavy atom. The number of halogens is 6. The van der Waals surface area contributed by atoms with Crippen molar-refractivity contribution in [2.45, 2.75) is 12.4 Å². The Morgan fingerprint density at radius 2 is 1.61 bits per heavy atom. The third-order valence-electron chi connectivity index (χ3n) is 2.37. The Hall–Kier alpha value is -2.77. The highest BCUT2D eigenvalue weighted by molar-refractivity contribution is 6.43. The summed E-state index contributed by atoms with van der Waals surface area (Å²) in [5.74, 6) is -1.21. The van der Waals surface area contributed by atoms with E-state index in [1.165, 1.54) is 6.07 Å². The molecule has 0 aromatic heterocycles. The average Bonchev–Trinajstić information content (AvgIpc) is 2.45. The molecule has 0 aliphatic heterocycles. The van der Waals surface area contributed by atoms with E-state index < -0.39 is 40.8 Å². The zero-order chi connectivity index (χ0) is 17.8. The van der Waals surface area contributed by atoms with Crippen LogP contribution < -0.4 is 5.43 Å². The largest absolute Gasteiger partial charge is 0.464 e. The molecule has 1 aromatic carbocycles. The van der Waals surface area contributed by atoms with Crippen LogP contribution in [0.25, 0.3) is 0 Å². The van der Waals surface area contributed by atoms with Crippen LogP contribution in [0.1, 0.15) is 11.1 Å². The minimum atomic E-state index is -5.03. The molecule has 0 aliphatic carbocycles. The van der Waals surface area contributed by atoms with Gasteiger partial charge in [0.05, 0.1) is 23.9 Å². The molecule has 1 N–H and O–H groups in total. The van der Waals surface area contributed by atoms with Crippen molar-refractivity contribution >= 4 is 17.4 Å². The molecule has 0 saturated heterocycles. The quantitative estimate of drug-likeness (QED) is 0.397. The van der Waals surface area contributed by atoms with E-state index in [4.69, 9.17) is 5.26 Å². The first-order chi connectivity index (χ1) is 10.5. The number of carbonyl (C=O) groups excluding carboxylic acids is 1. The Morgan fingerprint density at radius 1 is 1.13 bits per heavy atom. The molecule has 1 aromatic rings. The van der Waals surface area contributed by atoms with Crippen LogP contribution in [0, 0.1) is 11.3 Å². The molecule has 0 spiro atoms. The summed E-state index contributed by atoms with van der Waals surface area (Å²) in [5.41, 5.74) is -2.92. The van der Waals surface area contributed by atoms with Crippen molar-refractivity contribution in [3.8, 4) is 6.07 Å². The number of alkyl halides is 6. The number of ether oxygens (including phenoxy) is 1. The average molecular weight is 339 g/mol. The molecule has 0 bridgehead atoms. The van der Waals surface area contributed by atoms with Crippen LogP contribution in [0.4, 0.5) is 32.0 Å². The smallest absolute Gasteiger partial charge is 0.416 e. The molecule has 124 valence electrons. The summed E-state index contributed by atoms with van der Waals surface area (Å²) < 4.78 is 79.9. The molecular weight excluding hydrogens is 332 g/mol. The number of hydrogen-bond donors (Lipinski definition) is 1. The number of nitrogens with zero attached hydrogens (tertiary/aromatic N) is 2. The molecule has 1 rings (SSSR count). The van der Waals surface area contributed by atoms with Crippen LogP contribution in [-0.2, 0) is 21.9 Å². The molecule has 0 heterocycles. The van der Waals surface area contributed by atoms with Crippen LogP contribution >= 0.6 is 0 Å². The minimum absolute atomic E-state index is 0.0690. The lowest BCUT2D eigenvalue weighted by molar-refractivity contribution is -0.143. The lowest BCUT2D eigenvalue weighted by atomic mass is 10.1. The van der Waals surface area contributed by atoms with Gasteiger partial charge in [0.15, 0.2) is 0 Å². The van der Waals surface area contributed by atoms with Crippen molar-refractivity contribution in [2.24, 2.45) is 5.10 Å². The lowest BCUT2D eigenvalue weighted by Gasteiger charge is -2.13. The molecule has 23 heavy (non-hydrogen) atoms. The Kier molecular flexibility index (Phi) is 5.21. The SMILES string of the molecule is COC(=O)/C(C#N)=N\Nc1cc(C(F)(F)F)cc(C(F)(F)F)c1. The summed E-state index contributed by atoms with van der Waals surface area (Å²) in [5, 5.41) is 11.7. The fourth-order valence-electron chi connectivity index (χ4n) is 1.35. The summed E-state index contributed by atoms with van der Waals surface area (Å²) in [6.07, 6.45) is -10.1. The van der Waals surface area contributed by atoms with E-state index >= 15 is 0 Å². The number of esters is 1. The molecular formula is C12H7F6N3O2. The first kappa shape index (κ1) is 18.3. The summed E-state index contributed by atoms with van der Waals surface area (Å²) in [6.45, 7) is 0. The predicted octanol–water partition coefficient (Wildman–Crippen LogP) is 3.19. The van der Waals surface area contributed by atoms with Crippen LogP contribution in [-0.4, -0.2) is 18.8 Å². The number of benzene rings is 1. The van der Waals surface area contributed by atoms with E-state index in [1.54, 1.807) is 5.43 Å². The van der Waals surface area contributed by atoms with Gasteiger partial charge < -0.3 is 4.74 Å². The van der Waals surface area contributed by atoms with Gasteiger partial charge in [0.2, 0.25) is 5.71 Å². The van der Waals surface area contributed by atoms with E-state index in [2.05, 4.69) is 9.84 Å². The van der Waals surface area contributed by atoms with Gasteiger partial charge in [-0.25, -0.2) is 4.79 Å². The second-order valence-corrected chi connectivity index (χ2v) is 3.97. The Labute approximate surface area is 125 Å². The zero-order valence-corrected chi connectivity index (χ0v) is 11.2. The number of rotatable bonds is 3. The van der Waals surface area contributed by atoms with E-state index in [9.17, 15) is 31.1 Å². The van der Waals surface area contributed by atoms with Crippen molar-refractivity contribution in [3.63, 3.8) is 0 Å². The van der Waals surface area contributed by atoms with Crippen molar-refractivity contribution in [1.29, 1.82) is 5.26 Å². The summed E-state index contributed by atoms with van der Waals surface area (Å²) in [6, 6.07) is 1.92. The highest BCUT2D eigenvalue weighted by Crippen LogP contribution is 2.37. The van der Waals surface area contributed by atoms with Gasteiger partial charge in [-0.2, -0.15) is 36.7 Å². The van der Waals surface area contributed by atoms with Gasteiger partial charge >= 0.3 is 18.3 Å².